The van der Waals surface area contributed by atoms with Gasteiger partial charge in [0.15, 0.2) is 0 Å². The van der Waals surface area contributed by atoms with Gasteiger partial charge in [0.05, 0.1) is 6.10 Å². The zero-order valence-electron chi connectivity index (χ0n) is 14.8. The molecule has 4 heteroatoms. The summed E-state index contributed by atoms with van der Waals surface area (Å²) in [7, 11) is 0. The fraction of sp³-hybridized carbons (Fsp3) is 0.571. The number of carboxylic acids is 1. The van der Waals surface area contributed by atoms with Crippen LogP contribution in [0.5, 0.6) is 0 Å². The molecule has 0 aromatic rings. The first-order valence-electron chi connectivity index (χ1n) is 9.35. The molecule has 25 heavy (non-hydrogen) atoms. The molecule has 0 aromatic carbocycles. The molecular formula is C21H30O4. The Morgan fingerprint density at radius 1 is 1.20 bits per heavy atom. The second-order valence-electron chi connectivity index (χ2n) is 7.06. The molecule has 2 aliphatic carbocycles. The highest BCUT2D eigenvalue weighted by atomic mass is 16.4. The highest BCUT2D eigenvalue weighted by Crippen LogP contribution is 2.47. The van der Waals surface area contributed by atoms with Crippen molar-refractivity contribution < 1.29 is 20.1 Å². The van der Waals surface area contributed by atoms with Crippen LogP contribution in [0.25, 0.3) is 0 Å². The molecule has 0 spiro atoms. The molecule has 2 rings (SSSR count). The van der Waals surface area contributed by atoms with Gasteiger partial charge in [-0.1, -0.05) is 54.9 Å². The summed E-state index contributed by atoms with van der Waals surface area (Å²) in [5, 5.41) is 27.7. The van der Waals surface area contributed by atoms with Crippen LogP contribution in [0.2, 0.25) is 0 Å². The number of hydrogen-bond acceptors (Lipinski definition) is 3. The zero-order chi connectivity index (χ0) is 18.1. The highest BCUT2D eigenvalue weighted by molar-refractivity contribution is 5.80. The van der Waals surface area contributed by atoms with Crippen LogP contribution in [0.1, 0.15) is 44.9 Å². The number of aliphatic hydroxyl groups is 2. The van der Waals surface area contributed by atoms with Gasteiger partial charge in [-0.3, -0.25) is 0 Å². The summed E-state index contributed by atoms with van der Waals surface area (Å²) in [6.07, 6.45) is 19.9. The predicted molar refractivity (Wildman–Crippen MR) is 99.0 cm³/mol. The van der Waals surface area contributed by atoms with Crippen LogP contribution in [-0.2, 0) is 4.79 Å². The third kappa shape index (κ3) is 6.29. The van der Waals surface area contributed by atoms with Crippen molar-refractivity contribution in [3.63, 3.8) is 0 Å². The lowest BCUT2D eigenvalue weighted by molar-refractivity contribution is -0.131. The number of hydrogen-bond donors (Lipinski definition) is 3. The molecule has 4 atom stereocenters. The lowest BCUT2D eigenvalue weighted by Gasteiger charge is -2.17. The summed E-state index contributed by atoms with van der Waals surface area (Å²) in [6, 6.07) is 0. The standard InChI is InChI=1S/C21H30O4/c22-12-8-4-2-1-3-5-10-18-19-14-16(9-6-7-11-21(24)25)13-17(19)15-20(18)23/h5-7,9-11,13,17-20,22-23H,1-4,8,12,14-15H2,(H,24,25)/b9-6?,10-5?,11-7+/t17-,18+,19+,20+/m1/s1. The fourth-order valence-electron chi connectivity index (χ4n) is 3.97. The van der Waals surface area contributed by atoms with Crippen LogP contribution in [0.3, 0.4) is 0 Å². The van der Waals surface area contributed by atoms with Crippen LogP contribution < -0.4 is 0 Å². The maximum Gasteiger partial charge on any atom is 0.328 e. The van der Waals surface area contributed by atoms with Crippen molar-refractivity contribution in [2.75, 3.05) is 6.61 Å². The molecule has 0 radical (unpaired) electrons. The molecule has 3 N–H and O–H groups in total. The Labute approximate surface area is 150 Å². The molecule has 0 bridgehead atoms. The van der Waals surface area contributed by atoms with Gasteiger partial charge in [-0.15, -0.1) is 0 Å². The summed E-state index contributed by atoms with van der Waals surface area (Å²) in [5.41, 5.74) is 1.24. The summed E-state index contributed by atoms with van der Waals surface area (Å²) in [4.78, 5) is 10.5. The number of carboxylic acid groups (broad SMARTS) is 1. The first kappa shape index (κ1) is 19.7. The van der Waals surface area contributed by atoms with E-state index in [2.05, 4.69) is 18.2 Å². The van der Waals surface area contributed by atoms with Crippen LogP contribution in [0.4, 0.5) is 0 Å². The molecule has 4 nitrogen and oxygen atoms in total. The number of fused-ring (bicyclic) bond motifs is 1. The molecule has 2 aliphatic rings. The molecule has 0 amide bonds. The van der Waals surface area contributed by atoms with Crippen LogP contribution in [0, 0.1) is 17.8 Å². The van der Waals surface area contributed by atoms with E-state index < -0.39 is 5.97 Å². The molecule has 1 saturated carbocycles. The van der Waals surface area contributed by atoms with E-state index in [1.807, 2.05) is 6.08 Å². The average Bonchev–Trinajstić information content (AvgIpc) is 3.08. The highest BCUT2D eigenvalue weighted by Gasteiger charge is 2.42. The van der Waals surface area contributed by atoms with E-state index >= 15 is 0 Å². The topological polar surface area (TPSA) is 77.8 Å². The third-order valence-corrected chi connectivity index (χ3v) is 5.20. The van der Waals surface area contributed by atoms with Gasteiger partial charge >= 0.3 is 5.97 Å². The van der Waals surface area contributed by atoms with Gasteiger partial charge in [0, 0.05) is 18.6 Å². The summed E-state index contributed by atoms with van der Waals surface area (Å²) in [5.74, 6) is 0.173. The van der Waals surface area contributed by atoms with Gasteiger partial charge in [-0.25, -0.2) is 4.79 Å². The van der Waals surface area contributed by atoms with Crippen molar-refractivity contribution in [1.29, 1.82) is 0 Å². The van der Waals surface area contributed by atoms with E-state index in [9.17, 15) is 9.90 Å². The lowest BCUT2D eigenvalue weighted by atomic mass is 9.89. The number of allylic oxidation sites excluding steroid dienone is 6. The van der Waals surface area contributed by atoms with E-state index in [4.69, 9.17) is 10.2 Å². The first-order valence-corrected chi connectivity index (χ1v) is 9.35. The number of carbonyl (C=O) groups is 1. The number of rotatable bonds is 10. The van der Waals surface area contributed by atoms with E-state index in [0.29, 0.717) is 11.8 Å². The molecular weight excluding hydrogens is 316 g/mol. The minimum Gasteiger partial charge on any atom is -0.478 e. The van der Waals surface area contributed by atoms with Gasteiger partial charge in [0.2, 0.25) is 0 Å². The molecule has 0 aromatic heterocycles. The zero-order valence-corrected chi connectivity index (χ0v) is 14.8. The number of unbranched alkanes of at least 4 members (excludes halogenated alkanes) is 4. The van der Waals surface area contributed by atoms with Crippen molar-refractivity contribution in [1.82, 2.24) is 0 Å². The Morgan fingerprint density at radius 2 is 2.00 bits per heavy atom. The normalized spacial score (nSPS) is 29.1. The molecule has 0 saturated heterocycles. The molecule has 0 unspecified atom stereocenters. The molecule has 0 heterocycles. The molecule has 138 valence electrons. The Kier molecular flexibility index (Phi) is 8.16. The second kappa shape index (κ2) is 10.4. The predicted octanol–water partition coefficient (Wildman–Crippen LogP) is 3.63. The van der Waals surface area contributed by atoms with E-state index in [0.717, 1.165) is 51.0 Å². The smallest absolute Gasteiger partial charge is 0.328 e. The molecule has 0 aliphatic heterocycles. The quantitative estimate of drug-likeness (QED) is 0.244. The SMILES string of the molecule is O=C(O)/C=C/C=CC1=C[C@@H]2C[C@H](O)[C@@H](C=CCCCCCCO)[C@H]2C1. The Bertz CT molecular complexity index is 544. The first-order chi connectivity index (χ1) is 12.1. The Morgan fingerprint density at radius 3 is 2.76 bits per heavy atom. The summed E-state index contributed by atoms with van der Waals surface area (Å²) in [6.45, 7) is 0.281. The van der Waals surface area contributed by atoms with Gasteiger partial charge < -0.3 is 15.3 Å². The van der Waals surface area contributed by atoms with E-state index in [1.54, 1.807) is 12.2 Å². The van der Waals surface area contributed by atoms with Crippen LogP contribution >= 0.6 is 0 Å². The van der Waals surface area contributed by atoms with Crippen molar-refractivity contribution >= 4 is 5.97 Å². The minimum absolute atomic E-state index is 0.221. The minimum atomic E-state index is -0.938. The summed E-state index contributed by atoms with van der Waals surface area (Å²) < 4.78 is 0. The van der Waals surface area contributed by atoms with E-state index in [-0.39, 0.29) is 18.6 Å². The van der Waals surface area contributed by atoms with Gasteiger partial charge in [0.1, 0.15) is 0 Å². The van der Waals surface area contributed by atoms with Crippen molar-refractivity contribution in [2.45, 2.75) is 51.0 Å². The van der Waals surface area contributed by atoms with Gasteiger partial charge in [-0.2, -0.15) is 0 Å². The van der Waals surface area contributed by atoms with Crippen LogP contribution in [-0.4, -0.2) is 34.0 Å². The maximum atomic E-state index is 10.5. The number of aliphatic hydroxyl groups excluding tert-OH is 2. The van der Waals surface area contributed by atoms with Gasteiger partial charge in [-0.05, 0) is 43.9 Å². The van der Waals surface area contributed by atoms with Crippen molar-refractivity contribution in [3.8, 4) is 0 Å². The summed E-state index contributed by atoms with van der Waals surface area (Å²) >= 11 is 0. The molecule has 1 fully saturated rings. The van der Waals surface area contributed by atoms with Crippen molar-refractivity contribution in [3.05, 3.63) is 48.1 Å². The maximum absolute atomic E-state index is 10.5. The van der Waals surface area contributed by atoms with Gasteiger partial charge in [0.25, 0.3) is 0 Å². The Balaban J connectivity index is 1.79. The Hall–Kier alpha value is -1.65. The second-order valence-corrected chi connectivity index (χ2v) is 7.06. The monoisotopic (exact) mass is 346 g/mol. The van der Waals surface area contributed by atoms with Crippen LogP contribution in [0.15, 0.2) is 48.1 Å². The lowest BCUT2D eigenvalue weighted by Crippen LogP contribution is -2.16. The van der Waals surface area contributed by atoms with Crippen molar-refractivity contribution in [2.24, 2.45) is 17.8 Å². The third-order valence-electron chi connectivity index (χ3n) is 5.20. The van der Waals surface area contributed by atoms with E-state index in [1.165, 1.54) is 5.57 Å². The number of aliphatic carboxylic acids is 1. The largest absolute Gasteiger partial charge is 0.478 e. The fourth-order valence-corrected chi connectivity index (χ4v) is 3.97. The average molecular weight is 346 g/mol.